The van der Waals surface area contributed by atoms with Gasteiger partial charge in [-0.25, -0.2) is 0 Å². The smallest absolute Gasteiger partial charge is 0.00201 e. The molecule has 0 atom stereocenters. The molecule has 0 N–H and O–H groups in total. The predicted molar refractivity (Wildman–Crippen MR) is 193 cm³/mol. The first-order chi connectivity index (χ1) is 21.8. The molecule has 8 rings (SSSR count). The second kappa shape index (κ2) is 10.5. The molecule has 8 aromatic rings. The van der Waals surface area contributed by atoms with Gasteiger partial charge in [-0.1, -0.05) is 165 Å². The summed E-state index contributed by atoms with van der Waals surface area (Å²) in [4.78, 5) is 0. The van der Waals surface area contributed by atoms with Crippen molar-refractivity contribution in [2.45, 2.75) is 0 Å². The van der Waals surface area contributed by atoms with Crippen LogP contribution in [0.1, 0.15) is 5.56 Å². The largest absolute Gasteiger partial charge is 0.0990 e. The molecule has 0 heterocycles. The second-order valence-corrected chi connectivity index (χ2v) is 11.3. The van der Waals surface area contributed by atoms with E-state index < -0.39 is 0 Å². The Labute approximate surface area is 257 Å². The summed E-state index contributed by atoms with van der Waals surface area (Å²) in [6.45, 7) is 8.13. The SMILES string of the molecule is C=C/C=C(\C=C)c1c2ccccc2c(-c2cccc3c2ccc2c(-c4ccccc4)c4ccccc4cc23)c2ccccc12. The summed E-state index contributed by atoms with van der Waals surface area (Å²) in [5.74, 6) is 0. The fourth-order valence-corrected chi connectivity index (χ4v) is 7.15. The monoisotopic (exact) mass is 558 g/mol. The van der Waals surface area contributed by atoms with E-state index in [0.717, 1.165) is 5.57 Å². The maximum atomic E-state index is 4.15. The molecule has 0 fully saturated rings. The van der Waals surface area contributed by atoms with Crippen molar-refractivity contribution in [1.29, 1.82) is 0 Å². The summed E-state index contributed by atoms with van der Waals surface area (Å²) >= 11 is 0. The van der Waals surface area contributed by atoms with Gasteiger partial charge in [-0.05, 0) is 93.3 Å². The third-order valence-electron chi connectivity index (χ3n) is 8.97. The quantitative estimate of drug-likeness (QED) is 0.112. The first-order valence-corrected chi connectivity index (χ1v) is 15.1. The summed E-state index contributed by atoms with van der Waals surface area (Å²) in [7, 11) is 0. The fourth-order valence-electron chi connectivity index (χ4n) is 7.15. The highest BCUT2D eigenvalue weighted by Crippen LogP contribution is 2.46. The molecule has 0 saturated carbocycles. The van der Waals surface area contributed by atoms with Crippen LogP contribution in [0.2, 0.25) is 0 Å². The molecule has 0 aromatic heterocycles. The zero-order chi connectivity index (χ0) is 29.6. The Morgan fingerprint density at radius 1 is 0.432 bits per heavy atom. The van der Waals surface area contributed by atoms with Crippen LogP contribution >= 0.6 is 0 Å². The Morgan fingerprint density at radius 2 is 1.00 bits per heavy atom. The lowest BCUT2D eigenvalue weighted by atomic mass is 9.83. The van der Waals surface area contributed by atoms with Gasteiger partial charge in [0.2, 0.25) is 0 Å². The van der Waals surface area contributed by atoms with E-state index in [1.54, 1.807) is 0 Å². The van der Waals surface area contributed by atoms with Crippen LogP contribution in [0.15, 0.2) is 171 Å². The van der Waals surface area contributed by atoms with Crippen LogP contribution in [-0.4, -0.2) is 0 Å². The highest BCUT2D eigenvalue weighted by molar-refractivity contribution is 6.25. The molecule has 0 aliphatic carbocycles. The van der Waals surface area contributed by atoms with Crippen molar-refractivity contribution in [3.8, 4) is 22.3 Å². The first kappa shape index (κ1) is 25.9. The van der Waals surface area contributed by atoms with Gasteiger partial charge in [0.1, 0.15) is 0 Å². The molecule has 0 spiro atoms. The van der Waals surface area contributed by atoms with Gasteiger partial charge in [0.25, 0.3) is 0 Å². The summed E-state index contributed by atoms with van der Waals surface area (Å²) < 4.78 is 0. The third kappa shape index (κ3) is 3.92. The average molecular weight is 559 g/mol. The highest BCUT2D eigenvalue weighted by Gasteiger charge is 2.19. The van der Waals surface area contributed by atoms with Crippen LogP contribution in [-0.2, 0) is 0 Å². The predicted octanol–water partition coefficient (Wildman–Crippen LogP) is 12.5. The Morgan fingerprint density at radius 3 is 1.68 bits per heavy atom. The molecule has 0 saturated heterocycles. The van der Waals surface area contributed by atoms with Crippen LogP contribution < -0.4 is 0 Å². The number of fused-ring (bicyclic) bond motifs is 6. The molecule has 206 valence electrons. The van der Waals surface area contributed by atoms with E-state index in [-0.39, 0.29) is 0 Å². The van der Waals surface area contributed by atoms with Gasteiger partial charge < -0.3 is 0 Å². The van der Waals surface area contributed by atoms with Crippen molar-refractivity contribution in [3.63, 3.8) is 0 Å². The van der Waals surface area contributed by atoms with Crippen molar-refractivity contribution < 1.29 is 0 Å². The van der Waals surface area contributed by atoms with Gasteiger partial charge in [0.15, 0.2) is 0 Å². The minimum absolute atomic E-state index is 1.07. The molecule has 0 unspecified atom stereocenters. The molecule has 0 radical (unpaired) electrons. The molecule has 0 heteroatoms. The molecule has 44 heavy (non-hydrogen) atoms. The fraction of sp³-hybridized carbons (Fsp3) is 0. The van der Waals surface area contributed by atoms with Crippen molar-refractivity contribution in [2.75, 3.05) is 0 Å². The number of benzene rings is 8. The summed E-state index contributed by atoms with van der Waals surface area (Å²) in [6.07, 6.45) is 5.84. The number of hydrogen-bond acceptors (Lipinski definition) is 0. The Bertz CT molecular complexity index is 2400. The number of rotatable bonds is 5. The highest BCUT2D eigenvalue weighted by atomic mass is 14.2. The average Bonchev–Trinajstić information content (AvgIpc) is 3.09. The first-order valence-electron chi connectivity index (χ1n) is 15.1. The number of allylic oxidation sites excluding steroid dienone is 4. The van der Waals surface area contributed by atoms with Gasteiger partial charge in [-0.2, -0.15) is 0 Å². The van der Waals surface area contributed by atoms with E-state index >= 15 is 0 Å². The minimum Gasteiger partial charge on any atom is -0.0990 e. The lowest BCUT2D eigenvalue weighted by molar-refractivity contribution is 1.67. The van der Waals surface area contributed by atoms with E-state index in [2.05, 4.69) is 159 Å². The van der Waals surface area contributed by atoms with E-state index in [0.29, 0.717) is 0 Å². The van der Waals surface area contributed by atoms with Crippen LogP contribution in [0, 0.1) is 0 Å². The van der Waals surface area contributed by atoms with E-state index in [1.807, 2.05) is 12.2 Å². The lowest BCUT2D eigenvalue weighted by Crippen LogP contribution is -1.94. The molecule has 0 aliphatic rings. The van der Waals surface area contributed by atoms with E-state index in [4.69, 9.17) is 0 Å². The molecule has 8 aromatic carbocycles. The normalized spacial score (nSPS) is 12.0. The molecule has 0 amide bonds. The van der Waals surface area contributed by atoms with E-state index in [1.165, 1.54) is 81.7 Å². The van der Waals surface area contributed by atoms with Crippen molar-refractivity contribution >= 4 is 59.4 Å². The Kier molecular flexibility index (Phi) is 6.21. The lowest BCUT2D eigenvalue weighted by Gasteiger charge is -2.20. The second-order valence-electron chi connectivity index (χ2n) is 11.3. The van der Waals surface area contributed by atoms with Crippen molar-refractivity contribution in [2.24, 2.45) is 0 Å². The Hall–Kier alpha value is -5.72. The summed E-state index contributed by atoms with van der Waals surface area (Å²) in [6, 6.07) is 50.9. The minimum atomic E-state index is 1.07. The van der Waals surface area contributed by atoms with Crippen molar-refractivity contribution in [1.82, 2.24) is 0 Å². The van der Waals surface area contributed by atoms with Gasteiger partial charge in [0, 0.05) is 0 Å². The van der Waals surface area contributed by atoms with E-state index in [9.17, 15) is 0 Å². The third-order valence-corrected chi connectivity index (χ3v) is 8.97. The van der Waals surface area contributed by atoms with Crippen LogP contribution in [0.25, 0.3) is 81.7 Å². The van der Waals surface area contributed by atoms with Gasteiger partial charge >= 0.3 is 0 Å². The van der Waals surface area contributed by atoms with Crippen molar-refractivity contribution in [3.05, 3.63) is 176 Å². The summed E-state index contributed by atoms with van der Waals surface area (Å²) in [5.41, 5.74) is 7.30. The van der Waals surface area contributed by atoms with Crippen LogP contribution in [0.4, 0.5) is 0 Å². The zero-order valence-electron chi connectivity index (χ0n) is 24.4. The standard InChI is InChI=1S/C44H30/c1-3-15-29(4-2)42-36-20-10-12-22-38(36)44(39-23-13-11-21-37(39)42)35-25-14-24-33-34(35)26-27-40-41(33)28-31-18-8-9-19-32(31)43(40)30-16-6-5-7-17-30/h3-28H,1-2H2/b29-15+. The molecule has 0 bridgehead atoms. The maximum absolute atomic E-state index is 4.15. The topological polar surface area (TPSA) is 0 Å². The molecule has 0 nitrogen and oxygen atoms in total. The van der Waals surface area contributed by atoms with Gasteiger partial charge in [-0.15, -0.1) is 0 Å². The van der Waals surface area contributed by atoms with Gasteiger partial charge in [0.05, 0.1) is 0 Å². The molecular formula is C44H30. The van der Waals surface area contributed by atoms with Crippen LogP contribution in [0.3, 0.4) is 0 Å². The summed E-state index contributed by atoms with van der Waals surface area (Å²) in [5, 5.41) is 12.5. The maximum Gasteiger partial charge on any atom is -0.00201 e. The molecular weight excluding hydrogens is 528 g/mol. The van der Waals surface area contributed by atoms with Crippen LogP contribution in [0.5, 0.6) is 0 Å². The zero-order valence-corrected chi connectivity index (χ0v) is 24.4. The van der Waals surface area contributed by atoms with Gasteiger partial charge in [-0.3, -0.25) is 0 Å². The number of hydrogen-bond donors (Lipinski definition) is 0. The molecule has 0 aliphatic heterocycles. The Balaban J connectivity index is 1.52.